The SMILES string of the molecule is O=[N+]([O-])c1ccc(-c2csc(NN=CC=Cc3ccccc3)n2)cc1. The maximum Gasteiger partial charge on any atom is 0.269 e. The quantitative estimate of drug-likeness (QED) is 0.392. The fourth-order valence-corrected chi connectivity index (χ4v) is 2.73. The normalized spacial score (nSPS) is 11.2. The number of allylic oxidation sites excluding steroid dienone is 1. The van der Waals surface area contributed by atoms with Gasteiger partial charge in [0.05, 0.1) is 10.6 Å². The fourth-order valence-electron chi connectivity index (χ4n) is 2.07. The Morgan fingerprint density at radius 1 is 1.12 bits per heavy atom. The Balaban J connectivity index is 1.59. The Morgan fingerprint density at radius 2 is 1.88 bits per heavy atom. The monoisotopic (exact) mass is 350 g/mol. The van der Waals surface area contributed by atoms with Gasteiger partial charge >= 0.3 is 0 Å². The zero-order valence-electron chi connectivity index (χ0n) is 13.1. The van der Waals surface area contributed by atoms with E-state index in [1.54, 1.807) is 18.3 Å². The van der Waals surface area contributed by atoms with E-state index in [4.69, 9.17) is 0 Å². The van der Waals surface area contributed by atoms with Gasteiger partial charge in [0.1, 0.15) is 0 Å². The summed E-state index contributed by atoms with van der Waals surface area (Å²) in [6.07, 6.45) is 5.45. The van der Waals surface area contributed by atoms with Crippen LogP contribution in [0.15, 0.2) is 71.2 Å². The lowest BCUT2D eigenvalue weighted by molar-refractivity contribution is -0.384. The first-order valence-corrected chi connectivity index (χ1v) is 8.31. The molecule has 0 fully saturated rings. The summed E-state index contributed by atoms with van der Waals surface area (Å²) in [7, 11) is 0. The number of nitrogens with zero attached hydrogens (tertiary/aromatic N) is 3. The van der Waals surface area contributed by atoms with E-state index < -0.39 is 4.92 Å². The van der Waals surface area contributed by atoms with Crippen molar-refractivity contribution >= 4 is 34.4 Å². The summed E-state index contributed by atoms with van der Waals surface area (Å²) in [4.78, 5) is 14.7. The van der Waals surface area contributed by atoms with Crippen LogP contribution in [-0.4, -0.2) is 16.1 Å². The minimum atomic E-state index is -0.421. The molecule has 0 spiro atoms. The van der Waals surface area contributed by atoms with Crippen LogP contribution in [0.3, 0.4) is 0 Å². The number of nitro benzene ring substituents is 1. The number of nitro groups is 1. The lowest BCUT2D eigenvalue weighted by atomic mass is 10.1. The molecule has 0 unspecified atom stereocenters. The van der Waals surface area contributed by atoms with E-state index in [1.165, 1.54) is 23.5 Å². The van der Waals surface area contributed by atoms with Crippen LogP contribution in [0.4, 0.5) is 10.8 Å². The Morgan fingerprint density at radius 3 is 2.60 bits per heavy atom. The molecule has 0 saturated heterocycles. The molecule has 0 aliphatic carbocycles. The molecule has 2 aromatic carbocycles. The third kappa shape index (κ3) is 4.58. The van der Waals surface area contributed by atoms with Gasteiger partial charge in [-0.1, -0.05) is 36.4 Å². The molecule has 25 heavy (non-hydrogen) atoms. The minimum Gasteiger partial charge on any atom is -0.258 e. The number of aromatic nitrogens is 1. The third-order valence-electron chi connectivity index (χ3n) is 3.29. The summed E-state index contributed by atoms with van der Waals surface area (Å²) in [5.74, 6) is 0. The molecule has 124 valence electrons. The molecule has 0 saturated carbocycles. The van der Waals surface area contributed by atoms with E-state index in [0.29, 0.717) is 5.13 Å². The number of non-ortho nitro benzene ring substituents is 1. The lowest BCUT2D eigenvalue weighted by Gasteiger charge is -1.96. The summed E-state index contributed by atoms with van der Waals surface area (Å²) in [6.45, 7) is 0. The number of hydrazone groups is 1. The molecular formula is C18H14N4O2S. The molecule has 1 heterocycles. The van der Waals surface area contributed by atoms with Crippen LogP contribution >= 0.6 is 11.3 Å². The van der Waals surface area contributed by atoms with Crippen molar-refractivity contribution in [2.75, 3.05) is 5.43 Å². The van der Waals surface area contributed by atoms with Crippen molar-refractivity contribution in [3.63, 3.8) is 0 Å². The molecule has 1 aromatic heterocycles. The molecule has 1 N–H and O–H groups in total. The summed E-state index contributed by atoms with van der Waals surface area (Å²) in [6, 6.07) is 16.2. The Kier molecular flexibility index (Phi) is 5.28. The van der Waals surface area contributed by atoms with Crippen LogP contribution < -0.4 is 5.43 Å². The predicted molar refractivity (Wildman–Crippen MR) is 102 cm³/mol. The fraction of sp³-hybridized carbons (Fsp3) is 0. The van der Waals surface area contributed by atoms with Gasteiger partial charge in [-0.3, -0.25) is 15.5 Å². The van der Waals surface area contributed by atoms with Crippen molar-refractivity contribution in [2.45, 2.75) is 0 Å². The highest BCUT2D eigenvalue weighted by atomic mass is 32.1. The molecule has 6 nitrogen and oxygen atoms in total. The Hall–Kier alpha value is -3.32. The molecule has 0 aliphatic rings. The topological polar surface area (TPSA) is 80.4 Å². The van der Waals surface area contributed by atoms with E-state index in [0.717, 1.165) is 16.8 Å². The summed E-state index contributed by atoms with van der Waals surface area (Å²) < 4.78 is 0. The van der Waals surface area contributed by atoms with E-state index >= 15 is 0 Å². The predicted octanol–water partition coefficient (Wildman–Crippen LogP) is 4.83. The number of rotatable bonds is 6. The van der Waals surface area contributed by atoms with Gasteiger partial charge in [-0.15, -0.1) is 11.3 Å². The largest absolute Gasteiger partial charge is 0.269 e. The molecule has 0 amide bonds. The van der Waals surface area contributed by atoms with Crippen molar-refractivity contribution in [3.8, 4) is 11.3 Å². The molecular weight excluding hydrogens is 336 g/mol. The maximum atomic E-state index is 10.7. The first-order valence-electron chi connectivity index (χ1n) is 7.43. The number of anilines is 1. The van der Waals surface area contributed by atoms with Crippen LogP contribution in [0.2, 0.25) is 0 Å². The lowest BCUT2D eigenvalue weighted by Crippen LogP contribution is -1.89. The minimum absolute atomic E-state index is 0.0622. The van der Waals surface area contributed by atoms with Crippen LogP contribution in [-0.2, 0) is 0 Å². The van der Waals surface area contributed by atoms with Crippen molar-refractivity contribution in [1.29, 1.82) is 0 Å². The first-order chi connectivity index (χ1) is 12.2. The second-order valence-corrected chi connectivity index (χ2v) is 5.86. The average Bonchev–Trinajstić information content (AvgIpc) is 3.11. The van der Waals surface area contributed by atoms with Crippen LogP contribution in [0.5, 0.6) is 0 Å². The molecule has 0 radical (unpaired) electrons. The third-order valence-corrected chi connectivity index (χ3v) is 4.03. The molecule has 3 aromatic rings. The molecule has 0 atom stereocenters. The highest BCUT2D eigenvalue weighted by Gasteiger charge is 2.07. The van der Waals surface area contributed by atoms with Crippen LogP contribution in [0.1, 0.15) is 5.56 Å². The van der Waals surface area contributed by atoms with Gasteiger partial charge in [0, 0.05) is 29.3 Å². The maximum absolute atomic E-state index is 10.7. The highest BCUT2D eigenvalue weighted by Crippen LogP contribution is 2.26. The Bertz CT molecular complexity index is 902. The van der Waals surface area contributed by atoms with Gasteiger partial charge in [-0.25, -0.2) is 4.98 Å². The second kappa shape index (κ2) is 7.98. The van der Waals surface area contributed by atoms with E-state index in [2.05, 4.69) is 15.5 Å². The van der Waals surface area contributed by atoms with Gasteiger partial charge in [0.25, 0.3) is 5.69 Å². The summed E-state index contributed by atoms with van der Waals surface area (Å²) in [5, 5.41) is 17.3. The van der Waals surface area contributed by atoms with Gasteiger partial charge in [-0.2, -0.15) is 5.10 Å². The summed E-state index contributed by atoms with van der Waals surface area (Å²) in [5.41, 5.74) is 5.60. The molecule has 7 heteroatoms. The zero-order valence-corrected chi connectivity index (χ0v) is 13.9. The number of hydrogen-bond donors (Lipinski definition) is 1. The van der Waals surface area contributed by atoms with Crippen molar-refractivity contribution in [3.05, 3.63) is 81.7 Å². The van der Waals surface area contributed by atoms with Crippen molar-refractivity contribution in [1.82, 2.24) is 4.98 Å². The first kappa shape index (κ1) is 16.5. The van der Waals surface area contributed by atoms with E-state index in [9.17, 15) is 10.1 Å². The van der Waals surface area contributed by atoms with Crippen LogP contribution in [0, 0.1) is 10.1 Å². The highest BCUT2D eigenvalue weighted by molar-refractivity contribution is 7.14. The average molecular weight is 350 g/mol. The standard InChI is InChI=1S/C18H14N4O2S/c23-22(24)16-10-8-15(9-11-16)17-13-25-18(20-17)21-19-12-4-7-14-5-2-1-3-6-14/h1-13H,(H,20,21). The van der Waals surface area contributed by atoms with E-state index in [1.807, 2.05) is 47.9 Å². The smallest absolute Gasteiger partial charge is 0.258 e. The number of benzene rings is 2. The number of thiazole rings is 1. The van der Waals surface area contributed by atoms with Gasteiger partial charge in [-0.05, 0) is 23.8 Å². The zero-order chi connectivity index (χ0) is 17.5. The Labute approximate surface area is 148 Å². The molecule has 0 aliphatic heterocycles. The van der Waals surface area contributed by atoms with Crippen molar-refractivity contribution < 1.29 is 4.92 Å². The number of hydrogen-bond acceptors (Lipinski definition) is 6. The van der Waals surface area contributed by atoms with Gasteiger partial charge < -0.3 is 0 Å². The van der Waals surface area contributed by atoms with E-state index in [-0.39, 0.29) is 5.69 Å². The molecule has 3 rings (SSSR count). The summed E-state index contributed by atoms with van der Waals surface area (Å²) >= 11 is 1.42. The van der Waals surface area contributed by atoms with Crippen LogP contribution in [0.25, 0.3) is 17.3 Å². The van der Waals surface area contributed by atoms with Crippen molar-refractivity contribution in [2.24, 2.45) is 5.10 Å². The number of nitrogens with one attached hydrogen (secondary N) is 1. The second-order valence-electron chi connectivity index (χ2n) is 5.00. The van der Waals surface area contributed by atoms with Gasteiger partial charge in [0.15, 0.2) is 0 Å². The van der Waals surface area contributed by atoms with Gasteiger partial charge in [0.2, 0.25) is 5.13 Å². The molecule has 0 bridgehead atoms.